The average Bonchev–Trinajstić information content (AvgIpc) is 2.28. The summed E-state index contributed by atoms with van der Waals surface area (Å²) >= 11 is 5.90. The van der Waals surface area contributed by atoms with Gasteiger partial charge in [0.2, 0.25) is 0 Å². The summed E-state index contributed by atoms with van der Waals surface area (Å²) in [5, 5.41) is 3.77. The SMILES string of the molecule is CCCC(CN)Nc1cc(Cl)ccc1C(N)=O. The molecular weight excluding hydrogens is 238 g/mol. The Morgan fingerprint density at radius 1 is 1.53 bits per heavy atom. The number of hydrogen-bond donors (Lipinski definition) is 3. The molecular formula is C12H18ClN3O. The normalized spacial score (nSPS) is 12.2. The fraction of sp³-hybridized carbons (Fsp3) is 0.417. The number of primary amides is 1. The summed E-state index contributed by atoms with van der Waals surface area (Å²) in [6.07, 6.45) is 1.95. The molecule has 94 valence electrons. The summed E-state index contributed by atoms with van der Waals surface area (Å²) in [7, 11) is 0. The number of rotatable bonds is 6. The number of nitrogens with two attached hydrogens (primary N) is 2. The Balaban J connectivity index is 2.94. The lowest BCUT2D eigenvalue weighted by Gasteiger charge is -2.19. The standard InChI is InChI=1S/C12H18ClN3O/c1-2-3-9(7-14)16-11-6-8(13)4-5-10(11)12(15)17/h4-6,9,16H,2-3,7,14H2,1H3,(H2,15,17). The first-order chi connectivity index (χ1) is 8.08. The third kappa shape index (κ3) is 3.91. The van der Waals surface area contributed by atoms with Crippen LogP contribution < -0.4 is 16.8 Å². The van der Waals surface area contributed by atoms with Crippen molar-refractivity contribution in [2.24, 2.45) is 11.5 Å². The van der Waals surface area contributed by atoms with Gasteiger partial charge >= 0.3 is 0 Å². The van der Waals surface area contributed by atoms with Gasteiger partial charge in [-0.1, -0.05) is 24.9 Å². The van der Waals surface area contributed by atoms with Crippen LogP contribution in [0.25, 0.3) is 0 Å². The minimum atomic E-state index is -0.476. The number of carbonyl (C=O) groups is 1. The fourth-order valence-electron chi connectivity index (χ4n) is 1.67. The maximum Gasteiger partial charge on any atom is 0.250 e. The molecule has 0 bridgehead atoms. The molecule has 1 unspecified atom stereocenters. The predicted octanol–water partition coefficient (Wildman–Crippen LogP) is 1.98. The Labute approximate surface area is 106 Å². The summed E-state index contributed by atoms with van der Waals surface area (Å²) in [5.41, 5.74) is 12.0. The van der Waals surface area contributed by atoms with Crippen LogP contribution in [0.15, 0.2) is 18.2 Å². The van der Waals surface area contributed by atoms with E-state index in [2.05, 4.69) is 12.2 Å². The second-order valence-electron chi connectivity index (χ2n) is 3.92. The van der Waals surface area contributed by atoms with E-state index in [0.717, 1.165) is 12.8 Å². The van der Waals surface area contributed by atoms with E-state index in [4.69, 9.17) is 23.1 Å². The molecule has 5 N–H and O–H groups in total. The van der Waals surface area contributed by atoms with E-state index < -0.39 is 5.91 Å². The average molecular weight is 256 g/mol. The maximum absolute atomic E-state index is 11.3. The predicted molar refractivity (Wildman–Crippen MR) is 71.3 cm³/mol. The Hall–Kier alpha value is -1.26. The molecule has 1 amide bonds. The van der Waals surface area contributed by atoms with Crippen molar-refractivity contribution in [1.82, 2.24) is 0 Å². The van der Waals surface area contributed by atoms with E-state index in [1.165, 1.54) is 0 Å². The van der Waals surface area contributed by atoms with Crippen molar-refractivity contribution in [2.75, 3.05) is 11.9 Å². The molecule has 4 nitrogen and oxygen atoms in total. The van der Waals surface area contributed by atoms with Crippen molar-refractivity contribution in [1.29, 1.82) is 0 Å². The van der Waals surface area contributed by atoms with E-state index in [0.29, 0.717) is 22.8 Å². The Morgan fingerprint density at radius 2 is 2.24 bits per heavy atom. The highest BCUT2D eigenvalue weighted by Gasteiger charge is 2.12. The highest BCUT2D eigenvalue weighted by Crippen LogP contribution is 2.22. The van der Waals surface area contributed by atoms with Gasteiger partial charge in [-0.15, -0.1) is 0 Å². The van der Waals surface area contributed by atoms with E-state index in [1.807, 2.05) is 0 Å². The molecule has 1 aromatic rings. The van der Waals surface area contributed by atoms with Gasteiger partial charge in [-0.05, 0) is 24.6 Å². The van der Waals surface area contributed by atoms with Crippen LogP contribution in [-0.4, -0.2) is 18.5 Å². The van der Waals surface area contributed by atoms with Crippen LogP contribution >= 0.6 is 11.6 Å². The van der Waals surface area contributed by atoms with Crippen LogP contribution in [0, 0.1) is 0 Å². The van der Waals surface area contributed by atoms with E-state index in [-0.39, 0.29) is 6.04 Å². The summed E-state index contributed by atoms with van der Waals surface area (Å²) in [4.78, 5) is 11.3. The lowest BCUT2D eigenvalue weighted by Crippen LogP contribution is -2.29. The van der Waals surface area contributed by atoms with Crippen LogP contribution in [0.5, 0.6) is 0 Å². The third-order valence-corrected chi connectivity index (χ3v) is 2.76. The number of amides is 1. The first-order valence-electron chi connectivity index (χ1n) is 5.64. The molecule has 0 aliphatic rings. The molecule has 0 aliphatic heterocycles. The number of benzene rings is 1. The smallest absolute Gasteiger partial charge is 0.250 e. The van der Waals surface area contributed by atoms with Crippen LogP contribution in [0.3, 0.4) is 0 Å². The van der Waals surface area contributed by atoms with Crippen molar-refractivity contribution in [3.63, 3.8) is 0 Å². The molecule has 0 saturated carbocycles. The van der Waals surface area contributed by atoms with E-state index >= 15 is 0 Å². The molecule has 0 spiro atoms. The largest absolute Gasteiger partial charge is 0.380 e. The van der Waals surface area contributed by atoms with Gasteiger partial charge in [-0.25, -0.2) is 0 Å². The van der Waals surface area contributed by atoms with Crippen molar-refractivity contribution >= 4 is 23.2 Å². The highest BCUT2D eigenvalue weighted by molar-refractivity contribution is 6.31. The number of halogens is 1. The Bertz CT molecular complexity index is 395. The van der Waals surface area contributed by atoms with E-state index in [1.54, 1.807) is 18.2 Å². The molecule has 1 rings (SSSR count). The van der Waals surface area contributed by atoms with Crippen LogP contribution in [0.1, 0.15) is 30.1 Å². The molecule has 0 aromatic heterocycles. The fourth-order valence-corrected chi connectivity index (χ4v) is 1.84. The molecule has 5 heteroatoms. The Kier molecular flexibility index (Phi) is 5.25. The van der Waals surface area contributed by atoms with Gasteiger partial charge < -0.3 is 16.8 Å². The van der Waals surface area contributed by atoms with Gasteiger partial charge in [0, 0.05) is 23.3 Å². The zero-order valence-electron chi connectivity index (χ0n) is 9.87. The zero-order valence-corrected chi connectivity index (χ0v) is 10.6. The van der Waals surface area contributed by atoms with Gasteiger partial charge in [0.05, 0.1) is 5.56 Å². The molecule has 0 radical (unpaired) electrons. The molecule has 1 aromatic carbocycles. The van der Waals surface area contributed by atoms with Crippen molar-refractivity contribution < 1.29 is 4.79 Å². The monoisotopic (exact) mass is 255 g/mol. The summed E-state index contributed by atoms with van der Waals surface area (Å²) < 4.78 is 0. The molecule has 0 fully saturated rings. The highest BCUT2D eigenvalue weighted by atomic mass is 35.5. The minimum Gasteiger partial charge on any atom is -0.380 e. The van der Waals surface area contributed by atoms with Gasteiger partial charge in [0.15, 0.2) is 0 Å². The minimum absolute atomic E-state index is 0.122. The first-order valence-corrected chi connectivity index (χ1v) is 6.02. The lowest BCUT2D eigenvalue weighted by molar-refractivity contribution is 0.100. The van der Waals surface area contributed by atoms with Gasteiger partial charge in [-0.3, -0.25) is 4.79 Å². The molecule has 0 aliphatic carbocycles. The molecule has 0 saturated heterocycles. The summed E-state index contributed by atoms with van der Waals surface area (Å²) in [5.74, 6) is -0.476. The maximum atomic E-state index is 11.3. The van der Waals surface area contributed by atoms with Crippen molar-refractivity contribution in [3.05, 3.63) is 28.8 Å². The van der Waals surface area contributed by atoms with Gasteiger partial charge in [0.1, 0.15) is 0 Å². The van der Waals surface area contributed by atoms with Crippen LogP contribution in [0.4, 0.5) is 5.69 Å². The quantitative estimate of drug-likeness (QED) is 0.727. The lowest BCUT2D eigenvalue weighted by atomic mass is 10.1. The summed E-state index contributed by atoms with van der Waals surface area (Å²) in [6, 6.07) is 5.08. The van der Waals surface area contributed by atoms with Gasteiger partial charge in [-0.2, -0.15) is 0 Å². The third-order valence-electron chi connectivity index (χ3n) is 2.53. The number of hydrogen-bond acceptors (Lipinski definition) is 3. The second kappa shape index (κ2) is 6.47. The van der Waals surface area contributed by atoms with E-state index in [9.17, 15) is 4.79 Å². The second-order valence-corrected chi connectivity index (χ2v) is 4.36. The molecule has 1 atom stereocenters. The number of carbonyl (C=O) groups excluding carboxylic acids is 1. The zero-order chi connectivity index (χ0) is 12.8. The van der Waals surface area contributed by atoms with Crippen molar-refractivity contribution in [2.45, 2.75) is 25.8 Å². The molecule has 0 heterocycles. The Morgan fingerprint density at radius 3 is 2.76 bits per heavy atom. The van der Waals surface area contributed by atoms with Crippen molar-refractivity contribution in [3.8, 4) is 0 Å². The van der Waals surface area contributed by atoms with Crippen LogP contribution in [0.2, 0.25) is 5.02 Å². The van der Waals surface area contributed by atoms with Crippen LogP contribution in [-0.2, 0) is 0 Å². The molecule has 17 heavy (non-hydrogen) atoms. The topological polar surface area (TPSA) is 81.1 Å². The first kappa shape index (κ1) is 13.8. The summed E-state index contributed by atoms with van der Waals surface area (Å²) in [6.45, 7) is 2.58. The number of nitrogens with one attached hydrogen (secondary N) is 1. The number of anilines is 1. The van der Waals surface area contributed by atoms with Gasteiger partial charge in [0.25, 0.3) is 5.91 Å².